The molecule has 0 aliphatic carbocycles. The van der Waals surface area contributed by atoms with Gasteiger partial charge in [0.05, 0.1) is 16.8 Å². The van der Waals surface area contributed by atoms with Crippen LogP contribution in [-0.4, -0.2) is 27.0 Å². The number of aryl methyl sites for hydroxylation is 1. The summed E-state index contributed by atoms with van der Waals surface area (Å²) in [6.07, 6.45) is 4.94. The number of nitro benzene ring substituents is 1. The third-order valence-electron chi connectivity index (χ3n) is 3.40. The van der Waals surface area contributed by atoms with Crippen molar-refractivity contribution in [3.05, 3.63) is 75.7 Å². The number of hydrogen-bond acceptors (Lipinski definition) is 8. The van der Waals surface area contributed by atoms with Crippen molar-refractivity contribution in [2.75, 3.05) is 10.7 Å². The number of carbonyl (C=O) groups is 1. The van der Waals surface area contributed by atoms with E-state index in [1.807, 2.05) is 6.07 Å². The van der Waals surface area contributed by atoms with Crippen LogP contribution in [0.5, 0.6) is 0 Å². The minimum absolute atomic E-state index is 0.143. The zero-order valence-corrected chi connectivity index (χ0v) is 14.9. The zero-order valence-electron chi connectivity index (χ0n) is 14.1. The Morgan fingerprint density at radius 2 is 2.19 bits per heavy atom. The molecular formula is C17H14N6O3S. The predicted molar refractivity (Wildman–Crippen MR) is 103 cm³/mol. The standard InChI is InChI=1S/C17H14N6O3S/c1-11-16(21-15(24)13-5-2-6-14(8-13)23(25)26)27-17(20-11)22-19-10-12-4-3-7-18-9-12/h2-10H,1H3,(H,20,22)(H,21,24)/b19-10+. The molecule has 1 aromatic carbocycles. The highest BCUT2D eigenvalue weighted by molar-refractivity contribution is 7.19. The maximum atomic E-state index is 12.3. The molecule has 3 aromatic rings. The van der Waals surface area contributed by atoms with E-state index in [9.17, 15) is 14.9 Å². The second kappa shape index (κ2) is 8.15. The Hall–Kier alpha value is -3.66. The number of carbonyl (C=O) groups excluding carboxylic acids is 1. The van der Waals surface area contributed by atoms with Crippen LogP contribution in [0.1, 0.15) is 21.6 Å². The summed E-state index contributed by atoms with van der Waals surface area (Å²) in [7, 11) is 0. The van der Waals surface area contributed by atoms with Crippen LogP contribution < -0.4 is 10.7 Å². The van der Waals surface area contributed by atoms with Gasteiger partial charge >= 0.3 is 0 Å². The van der Waals surface area contributed by atoms with Crippen molar-refractivity contribution >= 4 is 39.3 Å². The van der Waals surface area contributed by atoms with Gasteiger partial charge < -0.3 is 5.32 Å². The number of hydrogen-bond donors (Lipinski definition) is 2. The van der Waals surface area contributed by atoms with Crippen LogP contribution in [0.3, 0.4) is 0 Å². The number of nitrogens with zero attached hydrogens (tertiary/aromatic N) is 4. The molecular weight excluding hydrogens is 368 g/mol. The number of hydrazone groups is 1. The molecule has 0 spiro atoms. The Balaban J connectivity index is 1.67. The second-order valence-electron chi connectivity index (χ2n) is 5.35. The number of nitrogens with one attached hydrogen (secondary N) is 2. The third kappa shape index (κ3) is 4.70. The molecule has 0 aliphatic rings. The molecule has 9 nitrogen and oxygen atoms in total. The third-order valence-corrected chi connectivity index (χ3v) is 4.38. The number of thiazole rings is 1. The van der Waals surface area contributed by atoms with Crippen molar-refractivity contribution < 1.29 is 9.72 Å². The number of rotatable bonds is 6. The van der Waals surface area contributed by atoms with Gasteiger partial charge in [-0.1, -0.05) is 23.5 Å². The van der Waals surface area contributed by atoms with Crippen LogP contribution in [0.4, 0.5) is 15.8 Å². The molecule has 0 saturated carbocycles. The monoisotopic (exact) mass is 382 g/mol. The molecule has 136 valence electrons. The molecule has 0 aliphatic heterocycles. The van der Waals surface area contributed by atoms with Crippen LogP contribution in [0.25, 0.3) is 0 Å². The molecule has 2 heterocycles. The van der Waals surface area contributed by atoms with Crippen LogP contribution in [0.15, 0.2) is 53.9 Å². The van der Waals surface area contributed by atoms with Gasteiger partial charge in [0, 0.05) is 35.7 Å². The minimum atomic E-state index is -0.545. The Labute approximate surface area is 157 Å². The van der Waals surface area contributed by atoms with E-state index in [1.165, 1.54) is 35.6 Å². The maximum absolute atomic E-state index is 12.3. The maximum Gasteiger partial charge on any atom is 0.270 e. The number of benzene rings is 1. The van der Waals surface area contributed by atoms with E-state index in [0.717, 1.165) is 5.56 Å². The molecule has 2 aromatic heterocycles. The fourth-order valence-corrected chi connectivity index (χ4v) is 2.92. The summed E-state index contributed by atoms with van der Waals surface area (Å²) in [6, 6.07) is 9.19. The summed E-state index contributed by atoms with van der Waals surface area (Å²) < 4.78 is 0. The molecule has 1 amide bonds. The first-order valence-electron chi connectivity index (χ1n) is 7.75. The number of anilines is 2. The van der Waals surface area contributed by atoms with Gasteiger partial charge in [0.25, 0.3) is 11.6 Å². The van der Waals surface area contributed by atoms with Gasteiger partial charge in [-0.05, 0) is 19.1 Å². The van der Waals surface area contributed by atoms with Crippen LogP contribution in [0, 0.1) is 17.0 Å². The lowest BCUT2D eigenvalue weighted by Gasteiger charge is -2.03. The molecule has 10 heteroatoms. The number of aromatic nitrogens is 2. The average Bonchev–Trinajstić information content (AvgIpc) is 3.02. The number of nitro groups is 1. The highest BCUT2D eigenvalue weighted by Gasteiger charge is 2.15. The van der Waals surface area contributed by atoms with Crippen molar-refractivity contribution in [1.29, 1.82) is 0 Å². The van der Waals surface area contributed by atoms with E-state index >= 15 is 0 Å². The number of pyridine rings is 1. The van der Waals surface area contributed by atoms with Gasteiger partial charge in [-0.3, -0.25) is 25.3 Å². The molecule has 27 heavy (non-hydrogen) atoms. The Bertz CT molecular complexity index is 1000. The van der Waals surface area contributed by atoms with E-state index in [1.54, 1.807) is 31.6 Å². The summed E-state index contributed by atoms with van der Waals surface area (Å²) in [5.41, 5.74) is 4.29. The van der Waals surface area contributed by atoms with Crippen molar-refractivity contribution in [2.24, 2.45) is 5.10 Å². The second-order valence-corrected chi connectivity index (χ2v) is 6.35. The molecule has 0 bridgehead atoms. The van der Waals surface area contributed by atoms with E-state index in [0.29, 0.717) is 15.8 Å². The van der Waals surface area contributed by atoms with E-state index in [-0.39, 0.29) is 11.3 Å². The highest BCUT2D eigenvalue weighted by atomic mass is 32.1. The smallest absolute Gasteiger partial charge is 0.270 e. The van der Waals surface area contributed by atoms with Crippen molar-refractivity contribution in [3.63, 3.8) is 0 Å². The normalized spacial score (nSPS) is 10.7. The number of amides is 1. The van der Waals surface area contributed by atoms with E-state index in [4.69, 9.17) is 0 Å². The van der Waals surface area contributed by atoms with Crippen LogP contribution in [0.2, 0.25) is 0 Å². The summed E-state index contributed by atoms with van der Waals surface area (Å²) in [5.74, 6) is -0.448. The Morgan fingerprint density at radius 1 is 1.33 bits per heavy atom. The Kier molecular flexibility index (Phi) is 5.47. The fourth-order valence-electron chi connectivity index (χ4n) is 2.11. The summed E-state index contributed by atoms with van der Waals surface area (Å²) >= 11 is 1.21. The predicted octanol–water partition coefficient (Wildman–Crippen LogP) is 3.45. The summed E-state index contributed by atoms with van der Waals surface area (Å²) in [5, 5.41) is 18.7. The summed E-state index contributed by atoms with van der Waals surface area (Å²) in [4.78, 5) is 30.9. The molecule has 0 saturated heterocycles. The van der Waals surface area contributed by atoms with Gasteiger partial charge in [0.1, 0.15) is 5.00 Å². The Morgan fingerprint density at radius 3 is 2.93 bits per heavy atom. The van der Waals surface area contributed by atoms with E-state index < -0.39 is 10.8 Å². The minimum Gasteiger partial charge on any atom is -0.312 e. The molecule has 2 N–H and O–H groups in total. The molecule has 3 rings (SSSR count). The lowest BCUT2D eigenvalue weighted by molar-refractivity contribution is -0.384. The van der Waals surface area contributed by atoms with Gasteiger partial charge in [-0.2, -0.15) is 5.10 Å². The topological polar surface area (TPSA) is 122 Å². The van der Waals surface area contributed by atoms with Gasteiger partial charge in [0.2, 0.25) is 5.13 Å². The molecule has 0 unspecified atom stereocenters. The van der Waals surface area contributed by atoms with Gasteiger partial charge in [0.15, 0.2) is 0 Å². The first-order chi connectivity index (χ1) is 13.0. The molecule has 0 fully saturated rings. The van der Waals surface area contributed by atoms with Crippen LogP contribution >= 0.6 is 11.3 Å². The molecule has 0 atom stereocenters. The lowest BCUT2D eigenvalue weighted by atomic mass is 10.2. The van der Waals surface area contributed by atoms with Crippen molar-refractivity contribution in [1.82, 2.24) is 9.97 Å². The quantitative estimate of drug-likeness (QED) is 0.382. The average molecular weight is 382 g/mol. The van der Waals surface area contributed by atoms with Crippen LogP contribution in [-0.2, 0) is 0 Å². The van der Waals surface area contributed by atoms with E-state index in [2.05, 4.69) is 25.8 Å². The fraction of sp³-hybridized carbons (Fsp3) is 0.0588. The van der Waals surface area contributed by atoms with Gasteiger partial charge in [-0.25, -0.2) is 4.98 Å². The number of non-ortho nitro benzene ring substituents is 1. The van der Waals surface area contributed by atoms with Gasteiger partial charge in [-0.15, -0.1) is 0 Å². The lowest BCUT2D eigenvalue weighted by Crippen LogP contribution is -2.11. The highest BCUT2D eigenvalue weighted by Crippen LogP contribution is 2.28. The first kappa shape index (κ1) is 18.1. The largest absolute Gasteiger partial charge is 0.312 e. The molecule has 0 radical (unpaired) electrons. The first-order valence-corrected chi connectivity index (χ1v) is 8.57. The SMILES string of the molecule is Cc1nc(N/N=C/c2cccnc2)sc1NC(=O)c1cccc([N+](=O)[O-])c1. The van der Waals surface area contributed by atoms with Crippen molar-refractivity contribution in [3.8, 4) is 0 Å². The van der Waals surface area contributed by atoms with Crippen molar-refractivity contribution in [2.45, 2.75) is 6.92 Å². The summed E-state index contributed by atoms with van der Waals surface area (Å²) in [6.45, 7) is 1.75. The zero-order chi connectivity index (χ0) is 19.2.